The third-order valence-corrected chi connectivity index (χ3v) is 7.78. The van der Waals surface area contributed by atoms with E-state index >= 15 is 0 Å². The van der Waals surface area contributed by atoms with Gasteiger partial charge in [-0.3, -0.25) is 0 Å². The Bertz CT molecular complexity index is 1730. The molecule has 44 heavy (non-hydrogen) atoms. The molecule has 10 nitrogen and oxygen atoms in total. The molecule has 0 N–H and O–H groups in total. The van der Waals surface area contributed by atoms with E-state index in [1.165, 1.54) is 26.4 Å². The third kappa shape index (κ3) is 6.82. The number of carbonyl (C=O) groups is 3. The number of fused-ring (bicyclic) bond motifs is 2. The molecule has 236 valence electrons. The van der Waals surface area contributed by atoms with Crippen molar-refractivity contribution in [3.63, 3.8) is 0 Å². The minimum absolute atomic E-state index is 0.334. The molecular weight excluding hydrogens is 642 g/mol. The van der Waals surface area contributed by atoms with Crippen LogP contribution in [0, 0.1) is 11.6 Å². The highest BCUT2D eigenvalue weighted by Crippen LogP contribution is 2.31. The second kappa shape index (κ2) is 12.8. The van der Waals surface area contributed by atoms with E-state index in [4.69, 9.17) is 9.47 Å². The molecule has 0 bridgehead atoms. The number of esters is 2. The molecule has 1 amide bonds. The zero-order valence-corrected chi connectivity index (χ0v) is 27.3. The standard InChI is InChI=1S/C20H26FN3O4.C11H9BrFNO2/c1-20(2,3)28-19(26)24-8-6-23(7-9-24)17-11-16-13(10-15(17)21)14(12-22(16)4)18(25)27-5;1-14-5-7(11(15)16-2)6-3-9(13)8(12)4-10(6)14/h10-12H,6-9H2,1-5H3;3-5H,1-2H3. The highest BCUT2D eigenvalue weighted by molar-refractivity contribution is 9.10. The van der Waals surface area contributed by atoms with Crippen LogP contribution in [0.15, 0.2) is 41.1 Å². The van der Waals surface area contributed by atoms with Gasteiger partial charge < -0.3 is 33.1 Å². The van der Waals surface area contributed by atoms with Gasteiger partial charge in [0.25, 0.3) is 0 Å². The third-order valence-electron chi connectivity index (χ3n) is 7.17. The average molecular weight is 678 g/mol. The van der Waals surface area contributed by atoms with Crippen molar-refractivity contribution in [2.45, 2.75) is 26.4 Å². The molecule has 2 aromatic carbocycles. The molecule has 1 aliphatic heterocycles. The number of aromatic nitrogens is 2. The number of amides is 1. The van der Waals surface area contributed by atoms with Gasteiger partial charge in [-0.2, -0.15) is 0 Å². The molecular formula is C31H35BrF2N4O6. The fourth-order valence-electron chi connectivity index (χ4n) is 5.01. The Labute approximate surface area is 262 Å². The largest absolute Gasteiger partial charge is 0.465 e. The number of benzene rings is 2. The van der Waals surface area contributed by atoms with Crippen molar-refractivity contribution in [3.05, 3.63) is 63.9 Å². The maximum Gasteiger partial charge on any atom is 0.410 e. The highest BCUT2D eigenvalue weighted by Gasteiger charge is 2.28. The molecule has 2 aromatic heterocycles. The van der Waals surface area contributed by atoms with E-state index in [9.17, 15) is 23.2 Å². The van der Waals surface area contributed by atoms with Crippen molar-refractivity contribution >= 4 is 61.5 Å². The highest BCUT2D eigenvalue weighted by atomic mass is 79.9. The van der Waals surface area contributed by atoms with Gasteiger partial charge in [0.15, 0.2) is 0 Å². The first-order valence-electron chi connectivity index (χ1n) is 13.8. The lowest BCUT2D eigenvalue weighted by atomic mass is 10.1. The quantitative estimate of drug-likeness (QED) is 0.193. The van der Waals surface area contributed by atoms with Crippen LogP contribution in [-0.4, -0.2) is 78.1 Å². The van der Waals surface area contributed by atoms with Gasteiger partial charge >= 0.3 is 18.0 Å². The summed E-state index contributed by atoms with van der Waals surface area (Å²) in [6, 6.07) is 6.07. The van der Waals surface area contributed by atoms with Gasteiger partial charge in [-0.25, -0.2) is 23.2 Å². The number of rotatable bonds is 3. The maximum absolute atomic E-state index is 14.8. The van der Waals surface area contributed by atoms with Crippen molar-refractivity contribution < 1.29 is 37.4 Å². The molecule has 0 aliphatic carbocycles. The Morgan fingerprint density at radius 2 is 1.25 bits per heavy atom. The molecule has 13 heteroatoms. The van der Waals surface area contributed by atoms with E-state index in [0.29, 0.717) is 58.2 Å². The van der Waals surface area contributed by atoms with Crippen LogP contribution in [-0.2, 0) is 28.3 Å². The van der Waals surface area contributed by atoms with Crippen LogP contribution >= 0.6 is 15.9 Å². The molecule has 4 aromatic rings. The number of methoxy groups -OCH3 is 2. The fraction of sp³-hybridized carbons (Fsp3) is 0.387. The molecule has 0 radical (unpaired) electrons. The monoisotopic (exact) mass is 676 g/mol. The average Bonchev–Trinajstić information content (AvgIpc) is 3.46. The molecule has 1 aliphatic rings. The summed E-state index contributed by atoms with van der Waals surface area (Å²) in [6.07, 6.45) is 2.91. The van der Waals surface area contributed by atoms with Gasteiger partial charge in [-0.1, -0.05) is 0 Å². The maximum atomic E-state index is 14.8. The SMILES string of the molecule is COC(=O)c1cn(C)c2cc(Br)c(F)cc12.COC(=O)c1cn(C)c2cc(N3CCN(C(=O)OC(C)(C)C)CC3)c(F)cc12. The minimum Gasteiger partial charge on any atom is -0.465 e. The van der Waals surface area contributed by atoms with Crippen LogP contribution in [0.3, 0.4) is 0 Å². The van der Waals surface area contributed by atoms with Gasteiger partial charge in [0.2, 0.25) is 0 Å². The number of ether oxygens (including phenoxy) is 3. The summed E-state index contributed by atoms with van der Waals surface area (Å²) < 4.78 is 47.0. The number of halogens is 3. The van der Waals surface area contributed by atoms with Crippen molar-refractivity contribution in [2.75, 3.05) is 45.3 Å². The number of hydrogen-bond donors (Lipinski definition) is 0. The normalized spacial score (nSPS) is 13.5. The zero-order valence-electron chi connectivity index (χ0n) is 25.7. The summed E-state index contributed by atoms with van der Waals surface area (Å²) in [5.41, 5.74) is 2.12. The molecule has 0 saturated carbocycles. The van der Waals surface area contributed by atoms with E-state index in [2.05, 4.69) is 20.7 Å². The smallest absolute Gasteiger partial charge is 0.410 e. The zero-order chi connectivity index (χ0) is 32.5. The fourth-order valence-corrected chi connectivity index (χ4v) is 5.34. The lowest BCUT2D eigenvalue weighted by molar-refractivity contribution is 0.0240. The van der Waals surface area contributed by atoms with E-state index in [1.54, 1.807) is 52.7 Å². The van der Waals surface area contributed by atoms with Crippen LogP contribution in [0.1, 0.15) is 41.5 Å². The number of nitrogens with zero attached hydrogens (tertiary/aromatic N) is 4. The van der Waals surface area contributed by atoms with Crippen LogP contribution in [0.4, 0.5) is 19.3 Å². The van der Waals surface area contributed by atoms with E-state index in [0.717, 1.165) is 11.0 Å². The minimum atomic E-state index is -0.546. The molecule has 0 atom stereocenters. The van der Waals surface area contributed by atoms with Gasteiger partial charge in [0, 0.05) is 69.0 Å². The van der Waals surface area contributed by atoms with E-state index in [1.807, 2.05) is 25.7 Å². The molecule has 3 heterocycles. The summed E-state index contributed by atoms with van der Waals surface area (Å²) in [7, 11) is 6.20. The van der Waals surface area contributed by atoms with Gasteiger partial charge in [0.1, 0.15) is 17.2 Å². The Morgan fingerprint density at radius 1 is 0.773 bits per heavy atom. The second-order valence-electron chi connectivity index (χ2n) is 11.3. The predicted octanol–water partition coefficient (Wildman–Crippen LogP) is 6.03. The topological polar surface area (TPSA) is 95.2 Å². The number of hydrogen-bond acceptors (Lipinski definition) is 7. The first-order chi connectivity index (χ1) is 20.6. The Hall–Kier alpha value is -4.13. The Kier molecular flexibility index (Phi) is 9.57. The predicted molar refractivity (Wildman–Crippen MR) is 166 cm³/mol. The first kappa shape index (κ1) is 32.8. The Morgan fingerprint density at radius 3 is 1.73 bits per heavy atom. The number of aryl methyl sites for hydroxylation is 2. The van der Waals surface area contributed by atoms with Crippen molar-refractivity contribution in [2.24, 2.45) is 14.1 Å². The van der Waals surface area contributed by atoms with Crippen molar-refractivity contribution in [1.29, 1.82) is 0 Å². The lowest BCUT2D eigenvalue weighted by Gasteiger charge is -2.36. The van der Waals surface area contributed by atoms with Crippen molar-refractivity contribution in [3.8, 4) is 0 Å². The van der Waals surface area contributed by atoms with Gasteiger partial charge in [0.05, 0.1) is 41.0 Å². The lowest BCUT2D eigenvalue weighted by Crippen LogP contribution is -2.50. The van der Waals surface area contributed by atoms with Crippen molar-refractivity contribution in [1.82, 2.24) is 14.0 Å². The van der Waals surface area contributed by atoms with Gasteiger partial charge in [-0.15, -0.1) is 0 Å². The van der Waals surface area contributed by atoms with Crippen LogP contribution in [0.5, 0.6) is 0 Å². The summed E-state index contributed by atoms with van der Waals surface area (Å²) >= 11 is 3.11. The molecule has 1 fully saturated rings. The number of anilines is 1. The molecule has 5 rings (SSSR count). The van der Waals surface area contributed by atoms with Crippen LogP contribution < -0.4 is 4.90 Å². The van der Waals surface area contributed by atoms with E-state index in [-0.39, 0.29) is 6.09 Å². The Balaban J connectivity index is 0.000000233. The second-order valence-corrected chi connectivity index (χ2v) is 12.2. The molecule has 0 spiro atoms. The summed E-state index contributed by atoms with van der Waals surface area (Å²) in [6.45, 7) is 7.38. The summed E-state index contributed by atoms with van der Waals surface area (Å²) in [4.78, 5) is 39.1. The summed E-state index contributed by atoms with van der Waals surface area (Å²) in [5, 5.41) is 1.07. The van der Waals surface area contributed by atoms with Crippen LogP contribution in [0.25, 0.3) is 21.8 Å². The molecule has 1 saturated heterocycles. The molecule has 0 unspecified atom stereocenters. The first-order valence-corrected chi connectivity index (χ1v) is 14.6. The number of carbonyl (C=O) groups excluding carboxylic acids is 3. The summed E-state index contributed by atoms with van der Waals surface area (Å²) in [5.74, 6) is -1.77. The number of piperazine rings is 1. The van der Waals surface area contributed by atoms with Gasteiger partial charge in [-0.05, 0) is 61.0 Å². The van der Waals surface area contributed by atoms with E-state index < -0.39 is 29.2 Å². The van der Waals surface area contributed by atoms with Crippen LogP contribution in [0.2, 0.25) is 0 Å².